The Bertz CT molecular complexity index is 1120. The van der Waals surface area contributed by atoms with Crippen LogP contribution in [-0.4, -0.2) is 50.5 Å². The third-order valence-corrected chi connectivity index (χ3v) is 7.22. The van der Waals surface area contributed by atoms with Crippen molar-refractivity contribution in [1.82, 2.24) is 10.2 Å². The number of aryl methyl sites for hydroxylation is 1. The van der Waals surface area contributed by atoms with Gasteiger partial charge >= 0.3 is 0 Å². The molecule has 2 aromatic carbocycles. The van der Waals surface area contributed by atoms with Gasteiger partial charge < -0.3 is 10.2 Å². The van der Waals surface area contributed by atoms with Crippen LogP contribution in [0, 0.1) is 12.8 Å². The number of nitrogens with zero attached hydrogens (tertiary/aromatic N) is 2. The number of rotatable bonds is 12. The quantitative estimate of drug-likeness (QED) is 0.410. The van der Waals surface area contributed by atoms with E-state index >= 15 is 0 Å². The molecule has 7 nitrogen and oxygen atoms in total. The van der Waals surface area contributed by atoms with Crippen LogP contribution in [0.3, 0.4) is 0 Å². The van der Waals surface area contributed by atoms with Gasteiger partial charge in [0, 0.05) is 30.5 Å². The molecule has 0 radical (unpaired) electrons. The van der Waals surface area contributed by atoms with E-state index in [-0.39, 0.29) is 31.3 Å². The van der Waals surface area contributed by atoms with E-state index in [1.807, 2.05) is 63.2 Å². The molecule has 0 fully saturated rings. The molecule has 9 heteroatoms. The van der Waals surface area contributed by atoms with Gasteiger partial charge in [0.1, 0.15) is 6.04 Å². The van der Waals surface area contributed by atoms with E-state index in [0.29, 0.717) is 24.6 Å². The van der Waals surface area contributed by atoms with E-state index in [1.54, 1.807) is 17.9 Å². The summed E-state index contributed by atoms with van der Waals surface area (Å²) in [6.45, 7) is 8.63. The fourth-order valence-electron chi connectivity index (χ4n) is 3.65. The van der Waals surface area contributed by atoms with Crippen molar-refractivity contribution in [3.63, 3.8) is 0 Å². The smallest absolute Gasteiger partial charge is 0.242 e. The molecule has 1 N–H and O–H groups in total. The van der Waals surface area contributed by atoms with Gasteiger partial charge in [0.2, 0.25) is 21.8 Å². The predicted octanol–water partition coefficient (Wildman–Crippen LogP) is 4.49. The molecule has 192 valence electrons. The summed E-state index contributed by atoms with van der Waals surface area (Å²) in [6.07, 6.45) is 1.61. The molecule has 0 unspecified atom stereocenters. The molecule has 2 amide bonds. The zero-order valence-corrected chi connectivity index (χ0v) is 23.5. The normalized spacial score (nSPS) is 12.3. The first-order valence-electron chi connectivity index (χ1n) is 11.7. The van der Waals surface area contributed by atoms with Gasteiger partial charge in [-0.15, -0.1) is 0 Å². The summed E-state index contributed by atoms with van der Waals surface area (Å²) in [5.74, 6) is -0.113. The number of hydrogen-bond acceptors (Lipinski definition) is 4. The Morgan fingerprint density at radius 3 is 2.34 bits per heavy atom. The maximum atomic E-state index is 13.3. The Morgan fingerprint density at radius 1 is 1.06 bits per heavy atom. The van der Waals surface area contributed by atoms with Crippen molar-refractivity contribution < 1.29 is 18.0 Å². The molecule has 2 rings (SSSR count). The number of nitrogens with one attached hydrogen (secondary N) is 1. The Kier molecular flexibility index (Phi) is 10.8. The molecule has 2 aromatic rings. The fourth-order valence-corrected chi connectivity index (χ4v) is 5.06. The molecule has 0 aliphatic rings. The third kappa shape index (κ3) is 9.29. The lowest BCUT2D eigenvalue weighted by Crippen LogP contribution is -2.48. The molecule has 0 saturated heterocycles. The first kappa shape index (κ1) is 28.8. The van der Waals surface area contributed by atoms with E-state index in [1.165, 1.54) is 4.31 Å². The van der Waals surface area contributed by atoms with Crippen LogP contribution in [0.1, 0.15) is 44.7 Å². The van der Waals surface area contributed by atoms with Crippen LogP contribution >= 0.6 is 15.9 Å². The number of halogens is 1. The van der Waals surface area contributed by atoms with Crippen molar-refractivity contribution >= 4 is 43.5 Å². The predicted molar refractivity (Wildman–Crippen MR) is 145 cm³/mol. The molecule has 0 aliphatic carbocycles. The molecule has 0 spiro atoms. The van der Waals surface area contributed by atoms with E-state index < -0.39 is 16.1 Å². The summed E-state index contributed by atoms with van der Waals surface area (Å²) in [5, 5.41) is 2.91. The standard InChI is InChI=1S/C26H36BrN3O4S/c1-19(2)17-28-26(32)21(4)29(18-22-10-7-11-23(27)16-22)25(31)13-8-14-30(35(5,33)34)24-12-6-9-20(3)15-24/h6-7,9-12,15-16,19,21H,8,13-14,17-18H2,1-5H3,(H,28,32)/t21-/m1/s1. The number of sulfonamides is 1. The van der Waals surface area contributed by atoms with Gasteiger partial charge in [0.05, 0.1) is 11.9 Å². The molecule has 0 saturated carbocycles. The molecular weight excluding hydrogens is 530 g/mol. The van der Waals surface area contributed by atoms with Gasteiger partial charge in [0.15, 0.2) is 0 Å². The summed E-state index contributed by atoms with van der Waals surface area (Å²) < 4.78 is 27.1. The highest BCUT2D eigenvalue weighted by Crippen LogP contribution is 2.21. The van der Waals surface area contributed by atoms with Gasteiger partial charge in [0.25, 0.3) is 0 Å². The van der Waals surface area contributed by atoms with Crippen molar-refractivity contribution in [2.45, 2.75) is 53.1 Å². The fraction of sp³-hybridized carbons (Fsp3) is 0.462. The van der Waals surface area contributed by atoms with Crippen LogP contribution in [0.4, 0.5) is 5.69 Å². The van der Waals surface area contributed by atoms with Crippen LogP contribution in [0.2, 0.25) is 0 Å². The van der Waals surface area contributed by atoms with Crippen LogP contribution in [-0.2, 0) is 26.2 Å². The van der Waals surface area contributed by atoms with Crippen LogP contribution in [0.25, 0.3) is 0 Å². The summed E-state index contributed by atoms with van der Waals surface area (Å²) >= 11 is 3.45. The number of carbonyl (C=O) groups is 2. The largest absolute Gasteiger partial charge is 0.354 e. The third-order valence-electron chi connectivity index (χ3n) is 5.54. The summed E-state index contributed by atoms with van der Waals surface area (Å²) in [6, 6.07) is 14.2. The highest BCUT2D eigenvalue weighted by atomic mass is 79.9. The van der Waals surface area contributed by atoms with Crippen molar-refractivity contribution in [1.29, 1.82) is 0 Å². The second-order valence-corrected chi connectivity index (χ2v) is 12.1. The number of benzene rings is 2. The average molecular weight is 567 g/mol. The lowest BCUT2D eigenvalue weighted by molar-refractivity contribution is -0.140. The van der Waals surface area contributed by atoms with Crippen LogP contribution in [0.5, 0.6) is 0 Å². The number of hydrogen-bond donors (Lipinski definition) is 1. The average Bonchev–Trinajstić information content (AvgIpc) is 2.77. The lowest BCUT2D eigenvalue weighted by atomic mass is 10.1. The van der Waals surface area contributed by atoms with Gasteiger partial charge in [-0.05, 0) is 61.6 Å². The van der Waals surface area contributed by atoms with E-state index in [0.717, 1.165) is 21.9 Å². The first-order chi connectivity index (χ1) is 16.4. The summed E-state index contributed by atoms with van der Waals surface area (Å²) in [5.41, 5.74) is 2.43. The molecule has 0 heterocycles. The Hall–Kier alpha value is -2.39. The number of amides is 2. The second-order valence-electron chi connectivity index (χ2n) is 9.24. The van der Waals surface area contributed by atoms with Gasteiger partial charge in [-0.25, -0.2) is 8.42 Å². The Morgan fingerprint density at radius 2 is 1.74 bits per heavy atom. The highest BCUT2D eigenvalue weighted by molar-refractivity contribution is 9.10. The highest BCUT2D eigenvalue weighted by Gasteiger charge is 2.26. The lowest BCUT2D eigenvalue weighted by Gasteiger charge is -2.29. The monoisotopic (exact) mass is 565 g/mol. The second kappa shape index (κ2) is 13.1. The van der Waals surface area contributed by atoms with Gasteiger partial charge in [-0.3, -0.25) is 13.9 Å². The summed E-state index contributed by atoms with van der Waals surface area (Å²) in [4.78, 5) is 27.6. The van der Waals surface area contributed by atoms with Crippen molar-refractivity contribution in [3.8, 4) is 0 Å². The SMILES string of the molecule is Cc1cccc(N(CCCC(=O)N(Cc2cccc(Br)c2)[C@H](C)C(=O)NCC(C)C)S(C)(=O)=O)c1. The van der Waals surface area contributed by atoms with Gasteiger partial charge in [-0.2, -0.15) is 0 Å². The molecule has 0 bridgehead atoms. The van der Waals surface area contributed by atoms with Crippen molar-refractivity contribution in [2.24, 2.45) is 5.92 Å². The zero-order valence-electron chi connectivity index (χ0n) is 21.1. The Labute approximate surface area is 218 Å². The van der Waals surface area contributed by atoms with E-state index in [2.05, 4.69) is 21.2 Å². The van der Waals surface area contributed by atoms with Crippen molar-refractivity contribution in [3.05, 3.63) is 64.1 Å². The minimum absolute atomic E-state index is 0.119. The first-order valence-corrected chi connectivity index (χ1v) is 14.4. The van der Waals surface area contributed by atoms with Crippen LogP contribution < -0.4 is 9.62 Å². The zero-order chi connectivity index (χ0) is 26.2. The molecule has 0 aromatic heterocycles. The van der Waals surface area contributed by atoms with Crippen molar-refractivity contribution in [2.75, 3.05) is 23.7 Å². The maximum absolute atomic E-state index is 13.3. The van der Waals surface area contributed by atoms with E-state index in [4.69, 9.17) is 0 Å². The van der Waals surface area contributed by atoms with Gasteiger partial charge in [-0.1, -0.05) is 54.0 Å². The van der Waals surface area contributed by atoms with Crippen LogP contribution in [0.15, 0.2) is 53.0 Å². The number of carbonyl (C=O) groups excluding carboxylic acids is 2. The minimum Gasteiger partial charge on any atom is -0.354 e. The molecular formula is C26H36BrN3O4S. The maximum Gasteiger partial charge on any atom is 0.242 e. The minimum atomic E-state index is -3.51. The topological polar surface area (TPSA) is 86.8 Å². The summed E-state index contributed by atoms with van der Waals surface area (Å²) in [7, 11) is -3.51. The molecule has 0 aliphatic heterocycles. The molecule has 1 atom stereocenters. The number of anilines is 1. The molecule has 35 heavy (non-hydrogen) atoms. The Balaban J connectivity index is 2.16. The van der Waals surface area contributed by atoms with E-state index in [9.17, 15) is 18.0 Å².